The van der Waals surface area contributed by atoms with Crippen LogP contribution in [0.25, 0.3) is 0 Å². The molecule has 0 aliphatic heterocycles. The SMILES string of the molecule is CCCCN(CCCN(CCCN)B(C)O)B(C)O. The maximum Gasteiger partial charge on any atom is 0.376 e. The maximum atomic E-state index is 9.70. The second-order valence-corrected chi connectivity index (χ2v) is 5.19. The first-order valence-electron chi connectivity index (χ1n) is 7.57. The van der Waals surface area contributed by atoms with E-state index in [0.717, 1.165) is 51.9 Å². The van der Waals surface area contributed by atoms with Gasteiger partial charge in [-0.05, 0) is 65.6 Å². The van der Waals surface area contributed by atoms with Crippen molar-refractivity contribution in [3.63, 3.8) is 0 Å². The summed E-state index contributed by atoms with van der Waals surface area (Å²) in [5.41, 5.74) is 5.50. The van der Waals surface area contributed by atoms with E-state index in [4.69, 9.17) is 5.73 Å². The van der Waals surface area contributed by atoms with Crippen LogP contribution in [0.3, 0.4) is 0 Å². The maximum absolute atomic E-state index is 9.70. The standard InChI is InChI=1S/C12H31B2N3O2/c1-4-5-9-16(13(2)18)11-7-12-17(14(3)19)10-6-8-15/h18-19H,4-12,15H2,1-3H3. The minimum atomic E-state index is -0.429. The highest BCUT2D eigenvalue weighted by Gasteiger charge is 2.18. The van der Waals surface area contributed by atoms with E-state index in [0.29, 0.717) is 6.54 Å². The van der Waals surface area contributed by atoms with Crippen molar-refractivity contribution in [2.75, 3.05) is 32.7 Å². The molecule has 0 atom stereocenters. The van der Waals surface area contributed by atoms with Crippen LogP contribution in [0.15, 0.2) is 0 Å². The molecule has 0 saturated carbocycles. The van der Waals surface area contributed by atoms with Crippen molar-refractivity contribution in [3.05, 3.63) is 0 Å². The summed E-state index contributed by atoms with van der Waals surface area (Å²) in [5.74, 6) is 0. The fourth-order valence-corrected chi connectivity index (χ4v) is 2.10. The summed E-state index contributed by atoms with van der Waals surface area (Å²) >= 11 is 0. The molecule has 0 aromatic rings. The van der Waals surface area contributed by atoms with Gasteiger partial charge in [-0.1, -0.05) is 13.3 Å². The molecule has 0 spiro atoms. The fraction of sp³-hybridized carbons (Fsp3) is 1.00. The van der Waals surface area contributed by atoms with E-state index in [1.165, 1.54) is 0 Å². The monoisotopic (exact) mass is 271 g/mol. The van der Waals surface area contributed by atoms with Gasteiger partial charge in [0.1, 0.15) is 0 Å². The van der Waals surface area contributed by atoms with E-state index in [-0.39, 0.29) is 0 Å². The molecule has 0 heterocycles. The van der Waals surface area contributed by atoms with E-state index in [9.17, 15) is 10.0 Å². The van der Waals surface area contributed by atoms with Crippen molar-refractivity contribution in [1.29, 1.82) is 0 Å². The molecule has 19 heavy (non-hydrogen) atoms. The van der Waals surface area contributed by atoms with E-state index in [1.807, 2.05) is 11.6 Å². The zero-order valence-electron chi connectivity index (χ0n) is 12.9. The fourth-order valence-electron chi connectivity index (χ4n) is 2.10. The number of unbranched alkanes of at least 4 members (excludes halogenated alkanes) is 1. The molecule has 0 saturated heterocycles. The molecular formula is C12H31B2N3O2. The number of nitrogens with two attached hydrogens (primary N) is 1. The van der Waals surface area contributed by atoms with Gasteiger partial charge in [0.05, 0.1) is 0 Å². The highest BCUT2D eigenvalue weighted by Crippen LogP contribution is 2.02. The second-order valence-electron chi connectivity index (χ2n) is 5.19. The molecule has 5 nitrogen and oxygen atoms in total. The van der Waals surface area contributed by atoms with Crippen molar-refractivity contribution in [2.24, 2.45) is 5.73 Å². The molecule has 0 aromatic heterocycles. The first-order chi connectivity index (χ1) is 9.02. The molecule has 0 radical (unpaired) electrons. The van der Waals surface area contributed by atoms with Crippen LogP contribution >= 0.6 is 0 Å². The molecule has 4 N–H and O–H groups in total. The van der Waals surface area contributed by atoms with Gasteiger partial charge in [-0.25, -0.2) is 0 Å². The second kappa shape index (κ2) is 11.7. The Kier molecular flexibility index (Phi) is 11.7. The summed E-state index contributed by atoms with van der Waals surface area (Å²) in [6, 6.07) is 0. The first-order valence-corrected chi connectivity index (χ1v) is 7.57. The molecular weight excluding hydrogens is 240 g/mol. The first kappa shape index (κ1) is 18.9. The van der Waals surface area contributed by atoms with E-state index in [1.54, 1.807) is 6.82 Å². The molecule has 0 bridgehead atoms. The van der Waals surface area contributed by atoms with Crippen LogP contribution in [-0.2, 0) is 0 Å². The normalized spacial score (nSPS) is 11.4. The Morgan fingerprint density at radius 3 is 1.63 bits per heavy atom. The highest BCUT2D eigenvalue weighted by molar-refractivity contribution is 6.45. The lowest BCUT2D eigenvalue weighted by molar-refractivity contribution is 0.314. The molecule has 0 aromatic carbocycles. The number of hydrogen-bond acceptors (Lipinski definition) is 5. The van der Waals surface area contributed by atoms with Crippen LogP contribution in [0, 0.1) is 0 Å². The van der Waals surface area contributed by atoms with Gasteiger partial charge in [0.2, 0.25) is 0 Å². The van der Waals surface area contributed by atoms with Crippen molar-refractivity contribution in [3.8, 4) is 0 Å². The summed E-state index contributed by atoms with van der Waals surface area (Å²) in [6.07, 6.45) is 4.10. The molecule has 0 rings (SSSR count). The van der Waals surface area contributed by atoms with Crippen LogP contribution in [0.4, 0.5) is 0 Å². The molecule has 0 aliphatic carbocycles. The third kappa shape index (κ3) is 9.46. The molecule has 0 unspecified atom stereocenters. The summed E-state index contributed by atoms with van der Waals surface area (Å²) < 4.78 is 0. The third-order valence-corrected chi connectivity index (χ3v) is 3.40. The summed E-state index contributed by atoms with van der Waals surface area (Å²) in [5, 5.41) is 19.4. The lowest BCUT2D eigenvalue weighted by Gasteiger charge is -2.26. The minimum absolute atomic E-state index is 0.393. The molecule has 112 valence electrons. The lowest BCUT2D eigenvalue weighted by Crippen LogP contribution is -2.42. The lowest BCUT2D eigenvalue weighted by atomic mass is 9.83. The predicted molar refractivity (Wildman–Crippen MR) is 84.0 cm³/mol. The Bertz CT molecular complexity index is 189. The van der Waals surface area contributed by atoms with Gasteiger partial charge in [-0.3, -0.25) is 0 Å². The molecule has 0 amide bonds. The summed E-state index contributed by atoms with van der Waals surface area (Å²) in [4.78, 5) is 4.12. The Labute approximate surface area is 119 Å². The highest BCUT2D eigenvalue weighted by atomic mass is 16.2. The Balaban J connectivity index is 3.98. The van der Waals surface area contributed by atoms with Crippen LogP contribution in [0.1, 0.15) is 32.6 Å². The zero-order chi connectivity index (χ0) is 14.7. The van der Waals surface area contributed by atoms with Gasteiger partial charge in [0, 0.05) is 0 Å². The Morgan fingerprint density at radius 2 is 1.26 bits per heavy atom. The third-order valence-electron chi connectivity index (χ3n) is 3.40. The largest absolute Gasteiger partial charge is 0.437 e. The summed E-state index contributed by atoms with van der Waals surface area (Å²) in [7, 11) is -0.821. The van der Waals surface area contributed by atoms with Gasteiger partial charge in [0.25, 0.3) is 0 Å². The van der Waals surface area contributed by atoms with Crippen LogP contribution in [0.5, 0.6) is 0 Å². The van der Waals surface area contributed by atoms with Crippen molar-refractivity contribution in [1.82, 2.24) is 9.62 Å². The van der Waals surface area contributed by atoms with Crippen molar-refractivity contribution >= 4 is 14.1 Å². The van der Waals surface area contributed by atoms with Gasteiger partial charge >= 0.3 is 14.1 Å². The van der Waals surface area contributed by atoms with Gasteiger partial charge < -0.3 is 25.4 Å². The quantitative estimate of drug-likeness (QED) is 0.447. The molecule has 7 heteroatoms. The minimum Gasteiger partial charge on any atom is -0.437 e. The smallest absolute Gasteiger partial charge is 0.376 e. The number of nitrogens with zero attached hydrogens (tertiary/aromatic N) is 2. The number of rotatable bonds is 12. The predicted octanol–water partition coefficient (Wildman–Crippen LogP) is 0.350. The summed E-state index contributed by atoms with van der Waals surface area (Å²) in [6.45, 7) is 9.89. The zero-order valence-corrected chi connectivity index (χ0v) is 12.9. The Morgan fingerprint density at radius 1 is 0.842 bits per heavy atom. The van der Waals surface area contributed by atoms with E-state index in [2.05, 4.69) is 11.7 Å². The van der Waals surface area contributed by atoms with E-state index >= 15 is 0 Å². The van der Waals surface area contributed by atoms with Crippen LogP contribution in [0.2, 0.25) is 13.6 Å². The van der Waals surface area contributed by atoms with Crippen molar-refractivity contribution < 1.29 is 10.0 Å². The average Bonchev–Trinajstić information content (AvgIpc) is 2.36. The van der Waals surface area contributed by atoms with E-state index < -0.39 is 14.1 Å². The van der Waals surface area contributed by atoms with Crippen LogP contribution in [-0.4, -0.2) is 66.5 Å². The van der Waals surface area contributed by atoms with Gasteiger partial charge in [-0.2, -0.15) is 0 Å². The van der Waals surface area contributed by atoms with Crippen molar-refractivity contribution in [2.45, 2.75) is 46.3 Å². The Hall–Kier alpha value is -0.0701. The van der Waals surface area contributed by atoms with Crippen LogP contribution < -0.4 is 5.73 Å². The molecule has 0 aliphatic rings. The molecule has 0 fully saturated rings. The number of hydrogen-bond donors (Lipinski definition) is 3. The topological polar surface area (TPSA) is 73.0 Å². The average molecular weight is 271 g/mol. The van der Waals surface area contributed by atoms with Gasteiger partial charge in [0.15, 0.2) is 0 Å². The van der Waals surface area contributed by atoms with Gasteiger partial charge in [-0.15, -0.1) is 0 Å².